The summed E-state index contributed by atoms with van der Waals surface area (Å²) in [4.78, 5) is 11.8. The van der Waals surface area contributed by atoms with Crippen LogP contribution in [0, 0.1) is 9.39 Å². The number of hydrogen-bond acceptors (Lipinski definition) is 3. The highest BCUT2D eigenvalue weighted by Crippen LogP contribution is 2.31. The summed E-state index contributed by atoms with van der Waals surface area (Å²) in [6, 6.07) is 6.13. The van der Waals surface area contributed by atoms with Gasteiger partial charge in [0.1, 0.15) is 5.82 Å². The maximum Gasteiger partial charge on any atom is 0.359 e. The number of aromatic nitrogens is 2. The molecule has 0 spiro atoms. The molecule has 112 valence electrons. The third kappa shape index (κ3) is 3.09. The Balaban J connectivity index is 2.73. The van der Waals surface area contributed by atoms with Crippen molar-refractivity contribution in [1.82, 2.24) is 9.78 Å². The fourth-order valence-corrected chi connectivity index (χ4v) is 3.43. The lowest BCUT2D eigenvalue weighted by Crippen LogP contribution is -2.18. The van der Waals surface area contributed by atoms with Crippen molar-refractivity contribution in [3.05, 3.63) is 45.0 Å². The number of hydrogen-bond donors (Lipinski definition) is 0. The van der Waals surface area contributed by atoms with Gasteiger partial charge in [0.15, 0.2) is 5.69 Å². The first-order chi connectivity index (χ1) is 9.75. The van der Waals surface area contributed by atoms with Crippen molar-refractivity contribution in [3.63, 3.8) is 0 Å². The van der Waals surface area contributed by atoms with Crippen LogP contribution in [0.1, 0.15) is 37.0 Å². The molecular formula is C15H16FIN2O2. The highest BCUT2D eigenvalue weighted by Gasteiger charge is 2.30. The summed E-state index contributed by atoms with van der Waals surface area (Å²) in [5, 5.41) is 4.33. The van der Waals surface area contributed by atoms with Gasteiger partial charge in [-0.3, -0.25) is 0 Å². The predicted molar refractivity (Wildman–Crippen MR) is 86.3 cm³/mol. The van der Waals surface area contributed by atoms with Gasteiger partial charge in [0.2, 0.25) is 0 Å². The van der Waals surface area contributed by atoms with Crippen molar-refractivity contribution in [2.75, 3.05) is 7.11 Å². The van der Waals surface area contributed by atoms with Crippen LogP contribution in [0.3, 0.4) is 0 Å². The number of benzene rings is 1. The first-order valence-electron chi connectivity index (χ1n) is 6.39. The molecule has 0 aliphatic carbocycles. The van der Waals surface area contributed by atoms with Gasteiger partial charge in [-0.25, -0.2) is 13.9 Å². The summed E-state index contributed by atoms with van der Waals surface area (Å²) in [5.74, 6) is -0.850. The molecule has 0 bridgehead atoms. The van der Waals surface area contributed by atoms with Gasteiger partial charge in [0, 0.05) is 5.41 Å². The van der Waals surface area contributed by atoms with E-state index in [0.29, 0.717) is 5.69 Å². The molecule has 0 atom stereocenters. The second-order valence-corrected chi connectivity index (χ2v) is 6.72. The summed E-state index contributed by atoms with van der Waals surface area (Å²) < 4.78 is 20.6. The topological polar surface area (TPSA) is 44.1 Å². The number of methoxy groups -OCH3 is 1. The van der Waals surface area contributed by atoms with E-state index in [1.54, 1.807) is 16.8 Å². The first-order valence-corrected chi connectivity index (χ1v) is 7.47. The van der Waals surface area contributed by atoms with E-state index >= 15 is 0 Å². The molecule has 0 N–H and O–H groups in total. The fourth-order valence-electron chi connectivity index (χ4n) is 2.07. The van der Waals surface area contributed by atoms with Gasteiger partial charge < -0.3 is 4.74 Å². The Morgan fingerprint density at radius 2 is 2.05 bits per heavy atom. The van der Waals surface area contributed by atoms with E-state index in [9.17, 15) is 9.18 Å². The van der Waals surface area contributed by atoms with Gasteiger partial charge in [-0.15, -0.1) is 0 Å². The van der Waals surface area contributed by atoms with Crippen LogP contribution in [-0.2, 0) is 10.2 Å². The van der Waals surface area contributed by atoms with Crippen LogP contribution in [0.15, 0.2) is 24.3 Å². The van der Waals surface area contributed by atoms with Gasteiger partial charge in [-0.05, 0) is 40.8 Å². The quantitative estimate of drug-likeness (QED) is 0.569. The summed E-state index contributed by atoms with van der Waals surface area (Å²) in [7, 11) is 1.32. The molecule has 0 saturated heterocycles. The van der Waals surface area contributed by atoms with E-state index in [4.69, 9.17) is 4.74 Å². The minimum absolute atomic E-state index is 0.243. The minimum Gasteiger partial charge on any atom is -0.464 e. The Morgan fingerprint density at radius 3 is 2.57 bits per heavy atom. The fraction of sp³-hybridized carbons (Fsp3) is 0.333. The SMILES string of the molecule is COC(=O)c1nn(-c2cccc(F)c2)c(C(C)(C)C)c1I. The highest BCUT2D eigenvalue weighted by molar-refractivity contribution is 14.1. The third-order valence-corrected chi connectivity index (χ3v) is 3.99. The number of nitrogens with zero attached hydrogens (tertiary/aromatic N) is 2. The third-order valence-electron chi connectivity index (χ3n) is 2.97. The summed E-state index contributed by atoms with van der Waals surface area (Å²) >= 11 is 2.08. The maximum absolute atomic E-state index is 13.5. The van der Waals surface area contributed by atoms with Gasteiger partial charge >= 0.3 is 5.97 Å². The van der Waals surface area contributed by atoms with Crippen molar-refractivity contribution in [2.24, 2.45) is 0 Å². The Bertz CT molecular complexity index is 689. The first kappa shape index (κ1) is 15.9. The average Bonchev–Trinajstić information content (AvgIpc) is 2.75. The van der Waals surface area contributed by atoms with E-state index in [1.165, 1.54) is 19.2 Å². The van der Waals surface area contributed by atoms with Crippen LogP contribution in [-0.4, -0.2) is 22.9 Å². The molecule has 1 aromatic carbocycles. The molecule has 21 heavy (non-hydrogen) atoms. The molecular weight excluding hydrogens is 386 g/mol. The molecule has 6 heteroatoms. The van der Waals surface area contributed by atoms with Crippen LogP contribution in [0.4, 0.5) is 4.39 Å². The number of carbonyl (C=O) groups is 1. The van der Waals surface area contributed by atoms with E-state index < -0.39 is 5.97 Å². The lowest BCUT2D eigenvalue weighted by Gasteiger charge is -2.21. The van der Waals surface area contributed by atoms with Crippen LogP contribution >= 0.6 is 22.6 Å². The summed E-state index contributed by atoms with van der Waals surface area (Å²) in [6.45, 7) is 6.05. The van der Waals surface area contributed by atoms with E-state index in [0.717, 1.165) is 9.26 Å². The second kappa shape index (κ2) is 5.75. The molecule has 0 radical (unpaired) electrons. The maximum atomic E-state index is 13.5. The Kier molecular flexibility index (Phi) is 4.36. The normalized spacial score (nSPS) is 11.5. The molecule has 1 aromatic heterocycles. The summed E-state index contributed by atoms with van der Waals surface area (Å²) in [5.41, 5.74) is 1.40. The highest BCUT2D eigenvalue weighted by atomic mass is 127. The van der Waals surface area contributed by atoms with Crippen molar-refractivity contribution in [3.8, 4) is 5.69 Å². The molecule has 0 aliphatic heterocycles. The monoisotopic (exact) mass is 402 g/mol. The number of halogens is 2. The average molecular weight is 402 g/mol. The number of ether oxygens (including phenoxy) is 1. The summed E-state index contributed by atoms with van der Waals surface area (Å²) in [6.07, 6.45) is 0. The molecule has 4 nitrogen and oxygen atoms in total. The van der Waals surface area contributed by atoms with E-state index in [1.807, 2.05) is 20.8 Å². The zero-order valence-corrected chi connectivity index (χ0v) is 14.4. The van der Waals surface area contributed by atoms with Crippen molar-refractivity contribution in [1.29, 1.82) is 0 Å². The largest absolute Gasteiger partial charge is 0.464 e. The number of esters is 1. The second-order valence-electron chi connectivity index (χ2n) is 5.64. The molecule has 0 saturated carbocycles. The Morgan fingerprint density at radius 1 is 1.38 bits per heavy atom. The minimum atomic E-state index is -0.500. The van der Waals surface area contributed by atoms with Gasteiger partial charge in [-0.2, -0.15) is 5.10 Å². The molecule has 2 aromatic rings. The van der Waals surface area contributed by atoms with Crippen LogP contribution in [0.25, 0.3) is 5.69 Å². The molecule has 0 fully saturated rings. The van der Waals surface area contributed by atoms with Crippen molar-refractivity contribution >= 4 is 28.6 Å². The molecule has 2 rings (SSSR count). The van der Waals surface area contributed by atoms with Crippen LogP contribution in [0.2, 0.25) is 0 Å². The Labute approximate surface area is 136 Å². The molecule has 0 unspecified atom stereocenters. The van der Waals surface area contributed by atoms with Gasteiger partial charge in [0.25, 0.3) is 0 Å². The predicted octanol–water partition coefficient (Wildman–Crippen LogP) is 3.70. The molecule has 1 heterocycles. The Hall–Kier alpha value is -1.44. The number of carbonyl (C=O) groups excluding carboxylic acids is 1. The smallest absolute Gasteiger partial charge is 0.359 e. The lowest BCUT2D eigenvalue weighted by molar-refractivity contribution is 0.0592. The van der Waals surface area contributed by atoms with Gasteiger partial charge in [0.05, 0.1) is 22.1 Å². The van der Waals surface area contributed by atoms with Crippen LogP contribution < -0.4 is 0 Å². The zero-order chi connectivity index (χ0) is 15.8. The zero-order valence-electron chi connectivity index (χ0n) is 12.3. The van der Waals surface area contributed by atoms with Crippen molar-refractivity contribution < 1.29 is 13.9 Å². The number of rotatable bonds is 2. The van der Waals surface area contributed by atoms with E-state index in [-0.39, 0.29) is 16.9 Å². The van der Waals surface area contributed by atoms with Crippen molar-refractivity contribution in [2.45, 2.75) is 26.2 Å². The molecule has 0 aliphatic rings. The molecule has 0 amide bonds. The van der Waals surface area contributed by atoms with Crippen LogP contribution in [0.5, 0.6) is 0 Å². The lowest BCUT2D eigenvalue weighted by atomic mass is 9.91. The van der Waals surface area contributed by atoms with Gasteiger partial charge in [-0.1, -0.05) is 26.8 Å². The standard InChI is InChI=1S/C15H16FIN2O2/c1-15(2,3)13-11(17)12(14(20)21-4)18-19(13)10-7-5-6-9(16)8-10/h5-8H,1-4H3. The van der Waals surface area contributed by atoms with E-state index in [2.05, 4.69) is 27.7 Å².